The molecule has 0 saturated heterocycles. The number of benzene rings is 1. The maximum absolute atomic E-state index is 11.4. The molecule has 0 aliphatic rings. The molecule has 0 aromatic heterocycles. The lowest BCUT2D eigenvalue weighted by Crippen LogP contribution is -2.09. The number of ether oxygens (including phenoxy) is 1. The molecule has 0 bridgehead atoms. The molecule has 1 atom stereocenters. The van der Waals surface area contributed by atoms with Crippen molar-refractivity contribution in [1.29, 1.82) is 0 Å². The molecule has 0 aliphatic heterocycles. The second kappa shape index (κ2) is 5.11. The van der Waals surface area contributed by atoms with Gasteiger partial charge in [0, 0.05) is 0 Å². The quantitative estimate of drug-likeness (QED) is 0.564. The van der Waals surface area contributed by atoms with Crippen LogP contribution >= 0.6 is 8.58 Å². The van der Waals surface area contributed by atoms with Gasteiger partial charge in [-0.15, -0.1) is 0 Å². The van der Waals surface area contributed by atoms with E-state index in [4.69, 9.17) is 4.74 Å². The Kier molecular flexibility index (Phi) is 4.09. The molecule has 0 spiro atoms. The minimum Gasteiger partial charge on any atom is -0.462 e. The molecule has 0 N–H and O–H groups in total. The molecule has 1 aromatic rings. The molecule has 0 aliphatic carbocycles. The summed E-state index contributed by atoms with van der Waals surface area (Å²) in [6.07, 6.45) is 0. The van der Waals surface area contributed by atoms with Crippen LogP contribution in [0.25, 0.3) is 0 Å². The van der Waals surface area contributed by atoms with Gasteiger partial charge in [0.2, 0.25) is 0 Å². The highest BCUT2D eigenvalue weighted by Gasteiger charge is 2.07. The normalized spacial score (nSPS) is 10.8. The molecular formula is C11H15O2P. The smallest absolute Gasteiger partial charge is 0.338 e. The van der Waals surface area contributed by atoms with E-state index in [1.807, 2.05) is 25.1 Å². The summed E-state index contributed by atoms with van der Waals surface area (Å²) >= 11 is 0. The molecule has 0 radical (unpaired) electrons. The van der Waals surface area contributed by atoms with Crippen LogP contribution in [0.15, 0.2) is 18.2 Å². The molecular weight excluding hydrogens is 195 g/mol. The highest BCUT2D eigenvalue weighted by atomic mass is 31.1. The Hall–Kier alpha value is -0.880. The van der Waals surface area contributed by atoms with Crippen LogP contribution in [0.3, 0.4) is 0 Å². The van der Waals surface area contributed by atoms with E-state index in [0.29, 0.717) is 20.8 Å². The van der Waals surface area contributed by atoms with Crippen molar-refractivity contribution >= 4 is 19.9 Å². The lowest BCUT2D eigenvalue weighted by atomic mass is 10.1. The predicted molar refractivity (Wildman–Crippen MR) is 61.0 cm³/mol. The Morgan fingerprint density at radius 2 is 2.21 bits per heavy atom. The third kappa shape index (κ3) is 2.55. The van der Waals surface area contributed by atoms with E-state index < -0.39 is 0 Å². The van der Waals surface area contributed by atoms with Crippen LogP contribution in [-0.2, 0) is 4.74 Å². The molecule has 76 valence electrons. The molecule has 0 saturated carbocycles. The number of hydrogen-bond donors (Lipinski definition) is 0. The average Bonchev–Trinajstić information content (AvgIpc) is 2.19. The van der Waals surface area contributed by atoms with Gasteiger partial charge >= 0.3 is 5.97 Å². The third-order valence-electron chi connectivity index (χ3n) is 2.02. The summed E-state index contributed by atoms with van der Waals surface area (Å²) in [5.41, 5.74) is 1.89. The van der Waals surface area contributed by atoms with Gasteiger partial charge in [-0.25, -0.2) is 4.79 Å². The second-order valence-corrected chi connectivity index (χ2v) is 4.04. The van der Waals surface area contributed by atoms with Gasteiger partial charge in [-0.3, -0.25) is 0 Å². The van der Waals surface area contributed by atoms with E-state index in [1.165, 1.54) is 10.9 Å². The predicted octanol–water partition coefficient (Wildman–Crippen LogP) is 2.11. The SMILES string of the molecule is CCOC(=O)c1ccc(C)c(PC)c1. The first kappa shape index (κ1) is 11.2. The maximum atomic E-state index is 11.4. The maximum Gasteiger partial charge on any atom is 0.338 e. The first-order valence-electron chi connectivity index (χ1n) is 4.64. The molecule has 0 heterocycles. The van der Waals surface area contributed by atoms with Crippen LogP contribution in [0.4, 0.5) is 0 Å². The van der Waals surface area contributed by atoms with Crippen molar-refractivity contribution in [3.05, 3.63) is 29.3 Å². The number of hydrogen-bond acceptors (Lipinski definition) is 2. The van der Waals surface area contributed by atoms with Crippen LogP contribution in [0, 0.1) is 6.92 Å². The van der Waals surface area contributed by atoms with Gasteiger partial charge in [-0.1, -0.05) is 14.6 Å². The van der Waals surface area contributed by atoms with Crippen LogP contribution < -0.4 is 5.30 Å². The zero-order valence-corrected chi connectivity index (χ0v) is 9.76. The minimum absolute atomic E-state index is 0.230. The lowest BCUT2D eigenvalue weighted by molar-refractivity contribution is 0.0526. The zero-order valence-electron chi connectivity index (χ0n) is 8.76. The van der Waals surface area contributed by atoms with Crippen molar-refractivity contribution in [2.24, 2.45) is 0 Å². The van der Waals surface area contributed by atoms with Gasteiger partial charge in [-0.05, 0) is 43.5 Å². The van der Waals surface area contributed by atoms with E-state index in [2.05, 4.69) is 13.6 Å². The summed E-state index contributed by atoms with van der Waals surface area (Å²) in [6, 6.07) is 5.71. The monoisotopic (exact) mass is 210 g/mol. The van der Waals surface area contributed by atoms with Gasteiger partial charge in [0.1, 0.15) is 0 Å². The number of carbonyl (C=O) groups excluding carboxylic acids is 1. The molecule has 2 nitrogen and oxygen atoms in total. The van der Waals surface area contributed by atoms with E-state index in [9.17, 15) is 4.79 Å². The molecule has 14 heavy (non-hydrogen) atoms. The number of esters is 1. The Morgan fingerprint density at radius 1 is 1.50 bits per heavy atom. The van der Waals surface area contributed by atoms with E-state index in [-0.39, 0.29) is 5.97 Å². The molecule has 0 amide bonds. The largest absolute Gasteiger partial charge is 0.462 e. The number of aryl methyl sites for hydroxylation is 1. The fourth-order valence-electron chi connectivity index (χ4n) is 1.23. The third-order valence-corrected chi connectivity index (χ3v) is 3.10. The van der Waals surface area contributed by atoms with Gasteiger partial charge in [0.15, 0.2) is 0 Å². The summed E-state index contributed by atoms with van der Waals surface area (Å²) in [6.45, 7) is 6.41. The van der Waals surface area contributed by atoms with Gasteiger partial charge in [0.25, 0.3) is 0 Å². The Labute approximate surface area is 86.4 Å². The summed E-state index contributed by atoms with van der Waals surface area (Å²) < 4.78 is 4.93. The van der Waals surface area contributed by atoms with Crippen LogP contribution in [0.1, 0.15) is 22.8 Å². The lowest BCUT2D eigenvalue weighted by Gasteiger charge is -2.06. The van der Waals surface area contributed by atoms with E-state index >= 15 is 0 Å². The van der Waals surface area contributed by atoms with Crippen molar-refractivity contribution in [3.63, 3.8) is 0 Å². The summed E-state index contributed by atoms with van der Waals surface area (Å²) in [7, 11) is 0.712. The van der Waals surface area contributed by atoms with Crippen LogP contribution in [0.5, 0.6) is 0 Å². The van der Waals surface area contributed by atoms with E-state index in [1.54, 1.807) is 0 Å². The van der Waals surface area contributed by atoms with Crippen molar-refractivity contribution in [2.75, 3.05) is 13.3 Å². The van der Waals surface area contributed by atoms with Gasteiger partial charge < -0.3 is 4.74 Å². The highest BCUT2D eigenvalue weighted by molar-refractivity contribution is 7.46. The molecule has 3 heteroatoms. The standard InChI is InChI=1S/C11H15O2P/c1-4-13-11(12)9-6-5-8(2)10(7-9)14-3/h5-7,14H,4H2,1-3H3. The van der Waals surface area contributed by atoms with Crippen molar-refractivity contribution in [2.45, 2.75) is 13.8 Å². The Bertz CT molecular complexity index is 334. The average molecular weight is 210 g/mol. The Balaban J connectivity index is 2.94. The molecule has 0 fully saturated rings. The van der Waals surface area contributed by atoms with Gasteiger partial charge in [0.05, 0.1) is 12.2 Å². The summed E-state index contributed by atoms with van der Waals surface area (Å²) in [5, 5.41) is 1.23. The van der Waals surface area contributed by atoms with Crippen molar-refractivity contribution < 1.29 is 9.53 Å². The first-order chi connectivity index (χ1) is 6.69. The highest BCUT2D eigenvalue weighted by Crippen LogP contribution is 2.11. The summed E-state index contributed by atoms with van der Waals surface area (Å²) in [5.74, 6) is -0.230. The van der Waals surface area contributed by atoms with Crippen LogP contribution in [-0.4, -0.2) is 19.2 Å². The van der Waals surface area contributed by atoms with E-state index in [0.717, 1.165) is 0 Å². The number of rotatable bonds is 3. The fraction of sp³-hybridized carbons (Fsp3) is 0.364. The Morgan fingerprint density at radius 3 is 2.79 bits per heavy atom. The van der Waals surface area contributed by atoms with Crippen molar-refractivity contribution in [3.8, 4) is 0 Å². The van der Waals surface area contributed by atoms with Crippen LogP contribution in [0.2, 0.25) is 0 Å². The summed E-state index contributed by atoms with van der Waals surface area (Å²) in [4.78, 5) is 11.4. The second-order valence-electron chi connectivity index (χ2n) is 3.00. The van der Waals surface area contributed by atoms with Crippen molar-refractivity contribution in [1.82, 2.24) is 0 Å². The first-order valence-corrected chi connectivity index (χ1v) is 6.14. The molecule has 1 rings (SSSR count). The van der Waals surface area contributed by atoms with Gasteiger partial charge in [-0.2, -0.15) is 0 Å². The topological polar surface area (TPSA) is 26.3 Å². The minimum atomic E-state index is -0.230. The number of carbonyl (C=O) groups is 1. The molecule has 1 aromatic carbocycles. The zero-order chi connectivity index (χ0) is 10.6. The molecule has 1 unspecified atom stereocenters. The fourth-order valence-corrected chi connectivity index (χ4v) is 2.01.